The number of para-hydroxylation sites is 1. The van der Waals surface area contributed by atoms with E-state index in [1.807, 2.05) is 31.7 Å². The number of amides is 1. The van der Waals surface area contributed by atoms with Crippen LogP contribution in [0.2, 0.25) is 0 Å². The fraction of sp³-hybridized carbons (Fsp3) is 0.536. The second-order valence-corrected chi connectivity index (χ2v) is 10.7. The average Bonchev–Trinajstić information content (AvgIpc) is 2.84. The number of carbonyl (C=O) groups is 1. The van der Waals surface area contributed by atoms with Crippen molar-refractivity contribution in [1.29, 1.82) is 0 Å². The van der Waals surface area contributed by atoms with Crippen LogP contribution < -0.4 is 5.32 Å². The number of ether oxygens (including phenoxy) is 1. The Kier molecular flexibility index (Phi) is 7.79. The molecule has 2 heterocycles. The number of rotatable bonds is 6. The smallest absolute Gasteiger partial charge is 0.410 e. The van der Waals surface area contributed by atoms with Crippen LogP contribution in [0.4, 0.5) is 10.5 Å². The van der Waals surface area contributed by atoms with Gasteiger partial charge in [-0.2, -0.15) is 0 Å². The molecule has 2 aromatic carbocycles. The molecule has 0 aliphatic carbocycles. The highest BCUT2D eigenvalue weighted by Gasteiger charge is 2.42. The molecule has 4 rings (SSSR count). The number of nitrogens with zero attached hydrogens (tertiary/aromatic N) is 3. The minimum Gasteiger partial charge on any atom is -0.444 e. The number of hydrogen-bond acceptors (Lipinski definition) is 5. The van der Waals surface area contributed by atoms with Crippen LogP contribution in [0.25, 0.3) is 0 Å². The first-order chi connectivity index (χ1) is 16.3. The molecule has 6 heteroatoms. The van der Waals surface area contributed by atoms with Crippen LogP contribution in [-0.2, 0) is 11.3 Å². The molecule has 6 nitrogen and oxygen atoms in total. The van der Waals surface area contributed by atoms with Crippen molar-refractivity contribution in [3.05, 3.63) is 66.2 Å². The monoisotopic (exact) mass is 464 g/mol. The Labute approximate surface area is 204 Å². The maximum absolute atomic E-state index is 12.7. The maximum atomic E-state index is 12.7. The van der Waals surface area contributed by atoms with Crippen LogP contribution in [0.5, 0.6) is 0 Å². The minimum absolute atomic E-state index is 0.0349. The average molecular weight is 465 g/mol. The van der Waals surface area contributed by atoms with E-state index in [0.29, 0.717) is 0 Å². The van der Waals surface area contributed by atoms with Crippen LogP contribution in [0.1, 0.15) is 39.2 Å². The Morgan fingerprint density at radius 2 is 1.47 bits per heavy atom. The molecule has 0 unspecified atom stereocenters. The van der Waals surface area contributed by atoms with Crippen molar-refractivity contribution >= 4 is 11.8 Å². The number of likely N-dealkylation sites (tertiary alicyclic amines) is 1. The molecular weight excluding hydrogens is 424 g/mol. The van der Waals surface area contributed by atoms with Crippen molar-refractivity contribution in [2.45, 2.75) is 51.3 Å². The molecule has 0 radical (unpaired) electrons. The van der Waals surface area contributed by atoms with E-state index in [2.05, 4.69) is 69.7 Å². The number of piperidine rings is 1. The Balaban J connectivity index is 1.40. The van der Waals surface area contributed by atoms with Gasteiger partial charge in [-0.1, -0.05) is 48.5 Å². The number of hydrogen-bond donors (Lipinski definition) is 1. The highest BCUT2D eigenvalue weighted by atomic mass is 16.6. The van der Waals surface area contributed by atoms with E-state index < -0.39 is 5.60 Å². The lowest BCUT2D eigenvalue weighted by atomic mass is 9.84. The number of carbonyl (C=O) groups excluding carboxylic acids is 1. The molecular formula is C28H40N4O2. The summed E-state index contributed by atoms with van der Waals surface area (Å²) in [6, 6.07) is 21.2. The molecule has 0 atom stereocenters. The second-order valence-electron chi connectivity index (χ2n) is 10.7. The van der Waals surface area contributed by atoms with Crippen LogP contribution >= 0.6 is 0 Å². The standard InChI is InChI=1S/C28H40N4O2/c1-27(2,3)34-26(33)31-16-14-28(15-17-31,23-29-25-12-8-5-9-13-25)32-20-18-30(19-21-32)22-24-10-6-4-7-11-24/h4-13,29H,14-23H2,1-3H3. The molecule has 34 heavy (non-hydrogen) atoms. The number of piperazine rings is 1. The zero-order valence-electron chi connectivity index (χ0n) is 21.0. The number of benzene rings is 2. The van der Waals surface area contributed by atoms with Gasteiger partial charge >= 0.3 is 6.09 Å². The molecule has 2 saturated heterocycles. The highest BCUT2D eigenvalue weighted by molar-refractivity contribution is 5.68. The topological polar surface area (TPSA) is 48.1 Å². The molecule has 0 saturated carbocycles. The lowest BCUT2D eigenvalue weighted by molar-refractivity contribution is -0.0186. The molecule has 2 aliphatic heterocycles. The quantitative estimate of drug-likeness (QED) is 0.672. The number of anilines is 1. The van der Waals surface area contributed by atoms with Crippen LogP contribution in [0.3, 0.4) is 0 Å². The van der Waals surface area contributed by atoms with Gasteiger partial charge in [-0.05, 0) is 51.3 Å². The van der Waals surface area contributed by atoms with Crippen molar-refractivity contribution in [3.8, 4) is 0 Å². The van der Waals surface area contributed by atoms with Gasteiger partial charge in [0.15, 0.2) is 0 Å². The Bertz CT molecular complexity index is 897. The van der Waals surface area contributed by atoms with Gasteiger partial charge in [0.05, 0.1) is 0 Å². The SMILES string of the molecule is CC(C)(C)OC(=O)N1CCC(CNc2ccccc2)(N2CCN(Cc3ccccc3)CC2)CC1. The first-order valence-corrected chi connectivity index (χ1v) is 12.6. The van der Waals surface area contributed by atoms with E-state index in [0.717, 1.165) is 70.9 Å². The van der Waals surface area contributed by atoms with E-state index in [9.17, 15) is 4.79 Å². The zero-order valence-corrected chi connectivity index (χ0v) is 21.0. The largest absolute Gasteiger partial charge is 0.444 e. The third-order valence-electron chi connectivity index (χ3n) is 7.03. The Morgan fingerprint density at radius 1 is 0.882 bits per heavy atom. The third-order valence-corrected chi connectivity index (χ3v) is 7.03. The lowest BCUT2D eigenvalue weighted by Crippen LogP contribution is -2.63. The summed E-state index contributed by atoms with van der Waals surface area (Å²) in [5.41, 5.74) is 2.10. The van der Waals surface area contributed by atoms with Crippen molar-refractivity contribution in [1.82, 2.24) is 14.7 Å². The van der Waals surface area contributed by atoms with Crippen molar-refractivity contribution in [2.24, 2.45) is 0 Å². The van der Waals surface area contributed by atoms with Gasteiger partial charge in [-0.15, -0.1) is 0 Å². The first kappa shape index (κ1) is 24.6. The molecule has 184 valence electrons. The normalized spacial score (nSPS) is 19.6. The molecule has 2 aliphatic rings. The molecule has 0 spiro atoms. The van der Waals surface area contributed by atoms with Crippen LogP contribution in [0, 0.1) is 0 Å². The molecule has 0 aromatic heterocycles. The lowest BCUT2D eigenvalue weighted by Gasteiger charge is -2.51. The van der Waals surface area contributed by atoms with E-state index in [1.165, 1.54) is 5.56 Å². The molecule has 0 bridgehead atoms. The molecule has 1 N–H and O–H groups in total. The molecule has 1 amide bonds. The van der Waals surface area contributed by atoms with Gasteiger partial charge in [0, 0.05) is 63.6 Å². The van der Waals surface area contributed by atoms with E-state index in [4.69, 9.17) is 4.74 Å². The minimum atomic E-state index is -0.463. The van der Waals surface area contributed by atoms with Gasteiger partial charge in [0.2, 0.25) is 0 Å². The summed E-state index contributed by atoms with van der Waals surface area (Å²) in [5.74, 6) is 0. The van der Waals surface area contributed by atoms with Crippen molar-refractivity contribution in [3.63, 3.8) is 0 Å². The Hall–Kier alpha value is -2.57. The summed E-state index contributed by atoms with van der Waals surface area (Å²) < 4.78 is 5.64. The highest BCUT2D eigenvalue weighted by Crippen LogP contribution is 2.32. The maximum Gasteiger partial charge on any atom is 0.410 e. The summed E-state index contributed by atoms with van der Waals surface area (Å²) in [5, 5.41) is 3.70. The van der Waals surface area contributed by atoms with Gasteiger partial charge in [0.1, 0.15) is 5.60 Å². The number of nitrogens with one attached hydrogen (secondary N) is 1. The summed E-state index contributed by atoms with van der Waals surface area (Å²) in [6.45, 7) is 13.4. The Morgan fingerprint density at radius 3 is 2.06 bits per heavy atom. The molecule has 2 aromatic rings. The zero-order chi connectivity index (χ0) is 24.0. The van der Waals surface area contributed by atoms with Crippen molar-refractivity contribution < 1.29 is 9.53 Å². The summed E-state index contributed by atoms with van der Waals surface area (Å²) in [6.07, 6.45) is 1.71. The fourth-order valence-corrected chi connectivity index (χ4v) is 5.08. The predicted molar refractivity (Wildman–Crippen MR) is 138 cm³/mol. The van der Waals surface area contributed by atoms with Gasteiger partial charge in [-0.3, -0.25) is 9.80 Å². The van der Waals surface area contributed by atoms with Crippen molar-refractivity contribution in [2.75, 3.05) is 51.1 Å². The summed E-state index contributed by atoms with van der Waals surface area (Å²) in [4.78, 5) is 19.8. The van der Waals surface area contributed by atoms with E-state index in [-0.39, 0.29) is 11.6 Å². The van der Waals surface area contributed by atoms with E-state index in [1.54, 1.807) is 0 Å². The summed E-state index contributed by atoms with van der Waals surface area (Å²) in [7, 11) is 0. The van der Waals surface area contributed by atoms with Crippen LogP contribution in [0.15, 0.2) is 60.7 Å². The summed E-state index contributed by atoms with van der Waals surface area (Å²) >= 11 is 0. The predicted octanol–water partition coefficient (Wildman–Crippen LogP) is 4.69. The second kappa shape index (κ2) is 10.8. The van der Waals surface area contributed by atoms with Gasteiger partial charge in [-0.25, -0.2) is 4.79 Å². The first-order valence-electron chi connectivity index (χ1n) is 12.6. The van der Waals surface area contributed by atoms with Gasteiger partial charge < -0.3 is 15.0 Å². The van der Waals surface area contributed by atoms with Gasteiger partial charge in [0.25, 0.3) is 0 Å². The fourth-order valence-electron chi connectivity index (χ4n) is 5.08. The third kappa shape index (κ3) is 6.51. The van der Waals surface area contributed by atoms with E-state index >= 15 is 0 Å². The molecule has 2 fully saturated rings. The van der Waals surface area contributed by atoms with Crippen LogP contribution in [-0.4, -0.2) is 77.7 Å².